The third-order valence-electron chi connectivity index (χ3n) is 4.05. The minimum atomic E-state index is 0.848. The highest BCUT2D eigenvalue weighted by Gasteiger charge is 2.19. The summed E-state index contributed by atoms with van der Waals surface area (Å²) in [5, 5.41) is 2.07. The highest BCUT2D eigenvalue weighted by atomic mass is 32.1. The standard InChI is InChI=1S/C17H16N4S/c18-14-4-1-3-12-10-21(7-6-13(12)14)17-9-15(19-11-20-17)16-5-2-8-22-16/h1-5,8-9,11H,6-7,10,18H2. The third-order valence-corrected chi connectivity index (χ3v) is 4.94. The van der Waals surface area contributed by atoms with Crippen molar-refractivity contribution in [2.24, 2.45) is 0 Å². The summed E-state index contributed by atoms with van der Waals surface area (Å²) < 4.78 is 0. The van der Waals surface area contributed by atoms with Gasteiger partial charge in [0, 0.05) is 24.8 Å². The number of nitrogen functional groups attached to an aromatic ring is 1. The largest absolute Gasteiger partial charge is 0.398 e. The van der Waals surface area contributed by atoms with Crippen LogP contribution in [0.25, 0.3) is 10.6 Å². The topological polar surface area (TPSA) is 55.0 Å². The molecule has 22 heavy (non-hydrogen) atoms. The molecule has 0 fully saturated rings. The highest BCUT2D eigenvalue weighted by Crippen LogP contribution is 2.29. The van der Waals surface area contributed by atoms with E-state index in [4.69, 9.17) is 5.73 Å². The second kappa shape index (κ2) is 5.42. The monoisotopic (exact) mass is 308 g/mol. The molecule has 0 spiro atoms. The Bertz CT molecular complexity index is 798. The quantitative estimate of drug-likeness (QED) is 0.738. The van der Waals surface area contributed by atoms with Crippen molar-refractivity contribution in [2.75, 3.05) is 17.2 Å². The van der Waals surface area contributed by atoms with E-state index in [2.05, 4.69) is 38.4 Å². The number of fused-ring (bicyclic) bond motifs is 1. The summed E-state index contributed by atoms with van der Waals surface area (Å²) in [6.07, 6.45) is 2.61. The van der Waals surface area contributed by atoms with E-state index < -0.39 is 0 Å². The maximum atomic E-state index is 6.07. The van der Waals surface area contributed by atoms with Crippen LogP contribution in [0.3, 0.4) is 0 Å². The molecular formula is C17H16N4S. The summed E-state index contributed by atoms with van der Waals surface area (Å²) in [6, 6.07) is 12.4. The van der Waals surface area contributed by atoms with Crippen LogP contribution in [0.2, 0.25) is 0 Å². The Morgan fingerprint density at radius 3 is 2.95 bits per heavy atom. The van der Waals surface area contributed by atoms with Gasteiger partial charge in [-0.05, 0) is 35.1 Å². The van der Waals surface area contributed by atoms with Gasteiger partial charge in [0.1, 0.15) is 12.1 Å². The summed E-state index contributed by atoms with van der Waals surface area (Å²) in [5.74, 6) is 0.978. The van der Waals surface area contributed by atoms with Crippen LogP contribution < -0.4 is 10.6 Å². The molecule has 0 unspecified atom stereocenters. The molecule has 110 valence electrons. The molecule has 0 aliphatic carbocycles. The number of hydrogen-bond donors (Lipinski definition) is 1. The van der Waals surface area contributed by atoms with Crippen LogP contribution in [-0.2, 0) is 13.0 Å². The van der Waals surface area contributed by atoms with Crippen molar-refractivity contribution < 1.29 is 0 Å². The lowest BCUT2D eigenvalue weighted by Gasteiger charge is -2.30. The van der Waals surface area contributed by atoms with Crippen molar-refractivity contribution in [1.82, 2.24) is 9.97 Å². The molecule has 0 atom stereocenters. The van der Waals surface area contributed by atoms with Crippen molar-refractivity contribution in [3.8, 4) is 10.6 Å². The molecule has 0 saturated heterocycles. The van der Waals surface area contributed by atoms with Crippen LogP contribution >= 0.6 is 11.3 Å². The van der Waals surface area contributed by atoms with E-state index in [9.17, 15) is 0 Å². The maximum Gasteiger partial charge on any atom is 0.132 e. The van der Waals surface area contributed by atoms with Gasteiger partial charge in [0.05, 0.1) is 10.6 Å². The van der Waals surface area contributed by atoms with Gasteiger partial charge < -0.3 is 10.6 Å². The number of nitrogens with two attached hydrogens (primary N) is 1. The first-order valence-corrected chi connectivity index (χ1v) is 8.16. The zero-order chi connectivity index (χ0) is 14.9. The fraction of sp³-hybridized carbons (Fsp3) is 0.176. The van der Waals surface area contributed by atoms with Crippen LogP contribution in [0, 0.1) is 0 Å². The first-order chi connectivity index (χ1) is 10.8. The Morgan fingerprint density at radius 1 is 1.14 bits per heavy atom. The lowest BCUT2D eigenvalue weighted by molar-refractivity contribution is 0.721. The van der Waals surface area contributed by atoms with Gasteiger partial charge in [0.2, 0.25) is 0 Å². The van der Waals surface area contributed by atoms with Crippen molar-refractivity contribution in [2.45, 2.75) is 13.0 Å². The molecule has 4 nitrogen and oxygen atoms in total. The van der Waals surface area contributed by atoms with Gasteiger partial charge in [0.15, 0.2) is 0 Å². The Morgan fingerprint density at radius 2 is 2.09 bits per heavy atom. The van der Waals surface area contributed by atoms with Crippen LogP contribution in [0.5, 0.6) is 0 Å². The lowest BCUT2D eigenvalue weighted by atomic mass is 9.98. The Balaban J connectivity index is 1.65. The number of benzene rings is 1. The Kier molecular flexibility index (Phi) is 3.27. The zero-order valence-corrected chi connectivity index (χ0v) is 12.9. The molecular weight excluding hydrogens is 292 g/mol. The van der Waals surface area contributed by atoms with E-state index in [0.717, 1.165) is 36.7 Å². The number of hydrogen-bond acceptors (Lipinski definition) is 5. The molecule has 3 heterocycles. The van der Waals surface area contributed by atoms with Gasteiger partial charge in [0.25, 0.3) is 0 Å². The van der Waals surface area contributed by atoms with Gasteiger partial charge in [-0.2, -0.15) is 0 Å². The van der Waals surface area contributed by atoms with Crippen molar-refractivity contribution in [3.63, 3.8) is 0 Å². The predicted molar refractivity (Wildman–Crippen MR) is 91.0 cm³/mol. The minimum absolute atomic E-state index is 0.848. The van der Waals surface area contributed by atoms with Crippen LogP contribution in [0.1, 0.15) is 11.1 Å². The first kappa shape index (κ1) is 13.3. The average molecular weight is 308 g/mol. The maximum absolute atomic E-state index is 6.07. The number of anilines is 2. The summed E-state index contributed by atoms with van der Waals surface area (Å²) in [7, 11) is 0. The van der Waals surface area contributed by atoms with E-state index in [1.54, 1.807) is 17.7 Å². The number of aromatic nitrogens is 2. The lowest BCUT2D eigenvalue weighted by Crippen LogP contribution is -2.31. The molecule has 1 aliphatic rings. The van der Waals surface area contributed by atoms with E-state index >= 15 is 0 Å². The van der Waals surface area contributed by atoms with E-state index in [0.29, 0.717) is 0 Å². The third kappa shape index (κ3) is 2.33. The molecule has 2 N–H and O–H groups in total. The average Bonchev–Trinajstić information content (AvgIpc) is 3.09. The van der Waals surface area contributed by atoms with Gasteiger partial charge in [-0.3, -0.25) is 0 Å². The highest BCUT2D eigenvalue weighted by molar-refractivity contribution is 7.13. The Labute approximate surface area is 133 Å². The fourth-order valence-electron chi connectivity index (χ4n) is 2.91. The normalized spacial score (nSPS) is 13.9. The van der Waals surface area contributed by atoms with Crippen molar-refractivity contribution >= 4 is 22.8 Å². The minimum Gasteiger partial charge on any atom is -0.398 e. The summed E-state index contributed by atoms with van der Waals surface area (Å²) in [6.45, 7) is 1.78. The first-order valence-electron chi connectivity index (χ1n) is 7.28. The molecule has 3 aromatic rings. The van der Waals surface area contributed by atoms with Crippen LogP contribution in [0.4, 0.5) is 11.5 Å². The number of rotatable bonds is 2. The second-order valence-electron chi connectivity index (χ2n) is 5.40. The van der Waals surface area contributed by atoms with Gasteiger partial charge >= 0.3 is 0 Å². The molecule has 1 aliphatic heterocycles. The summed E-state index contributed by atoms with van der Waals surface area (Å²) in [4.78, 5) is 12.3. The molecule has 5 heteroatoms. The molecule has 0 bridgehead atoms. The van der Waals surface area contributed by atoms with Crippen LogP contribution in [0.15, 0.2) is 48.1 Å². The van der Waals surface area contributed by atoms with Gasteiger partial charge in [-0.1, -0.05) is 18.2 Å². The summed E-state index contributed by atoms with van der Waals surface area (Å²) in [5.41, 5.74) is 10.5. The molecule has 2 aromatic heterocycles. The van der Waals surface area contributed by atoms with Crippen molar-refractivity contribution in [1.29, 1.82) is 0 Å². The fourth-order valence-corrected chi connectivity index (χ4v) is 3.61. The molecule has 1 aromatic carbocycles. The van der Waals surface area contributed by atoms with Gasteiger partial charge in [-0.25, -0.2) is 9.97 Å². The molecule has 0 radical (unpaired) electrons. The molecule has 4 rings (SSSR count). The smallest absolute Gasteiger partial charge is 0.132 e. The molecule has 0 saturated carbocycles. The van der Waals surface area contributed by atoms with Gasteiger partial charge in [-0.15, -0.1) is 11.3 Å². The number of thiophene rings is 1. The zero-order valence-electron chi connectivity index (χ0n) is 12.1. The van der Waals surface area contributed by atoms with E-state index in [-0.39, 0.29) is 0 Å². The van der Waals surface area contributed by atoms with Crippen molar-refractivity contribution in [3.05, 3.63) is 59.2 Å². The van der Waals surface area contributed by atoms with E-state index in [1.807, 2.05) is 18.2 Å². The Hall–Kier alpha value is -2.40. The number of nitrogens with zero attached hydrogens (tertiary/aromatic N) is 3. The molecule has 0 amide bonds. The SMILES string of the molecule is Nc1cccc2c1CCN(c1cc(-c3cccs3)ncn1)C2. The van der Waals surface area contributed by atoms with Crippen LogP contribution in [-0.4, -0.2) is 16.5 Å². The predicted octanol–water partition coefficient (Wildman–Crippen LogP) is 3.35. The van der Waals surface area contributed by atoms with E-state index in [1.165, 1.54) is 16.0 Å². The second-order valence-corrected chi connectivity index (χ2v) is 6.34. The summed E-state index contributed by atoms with van der Waals surface area (Å²) >= 11 is 1.70.